The zero-order chi connectivity index (χ0) is 21.1. The highest BCUT2D eigenvalue weighted by molar-refractivity contribution is 5.77. The number of hydrogen-bond donors (Lipinski definition) is 1. The number of esters is 1. The van der Waals surface area contributed by atoms with Crippen molar-refractivity contribution < 1.29 is 19.0 Å². The fourth-order valence-corrected chi connectivity index (χ4v) is 3.70. The number of aryl methyl sites for hydroxylation is 1. The Balaban J connectivity index is 1.59. The highest BCUT2D eigenvalue weighted by Crippen LogP contribution is 2.40. The molecule has 0 aromatic heterocycles. The van der Waals surface area contributed by atoms with Gasteiger partial charge in [0.05, 0.1) is 13.5 Å². The van der Waals surface area contributed by atoms with Crippen LogP contribution in [0.2, 0.25) is 0 Å². The number of carbonyl (C=O) groups excluding carboxylic acids is 1. The van der Waals surface area contributed by atoms with Gasteiger partial charge in [0, 0.05) is 23.2 Å². The monoisotopic (exact) mass is 403 g/mol. The molecule has 5 heteroatoms. The lowest BCUT2D eigenvalue weighted by Gasteiger charge is -2.23. The van der Waals surface area contributed by atoms with Gasteiger partial charge in [-0.15, -0.1) is 0 Å². The molecule has 3 aromatic rings. The number of hydrogen-bond acceptors (Lipinski definition) is 5. The summed E-state index contributed by atoms with van der Waals surface area (Å²) in [5.41, 5.74) is 13.2. The second-order valence-corrected chi connectivity index (χ2v) is 7.43. The summed E-state index contributed by atoms with van der Waals surface area (Å²) in [7, 11) is 1.39. The van der Waals surface area contributed by atoms with Crippen LogP contribution in [0.25, 0.3) is 11.1 Å². The molecule has 30 heavy (non-hydrogen) atoms. The molecule has 0 unspecified atom stereocenters. The third kappa shape index (κ3) is 4.02. The molecule has 0 saturated heterocycles. The van der Waals surface area contributed by atoms with Crippen molar-refractivity contribution in [2.24, 2.45) is 5.73 Å². The number of carbonyl (C=O) groups is 1. The summed E-state index contributed by atoms with van der Waals surface area (Å²) in [5, 5.41) is 0. The minimum absolute atomic E-state index is 0.183. The summed E-state index contributed by atoms with van der Waals surface area (Å²) in [5.74, 6) is 1.28. The Hall–Kier alpha value is -3.31. The normalized spacial score (nSPS) is 11.8. The van der Waals surface area contributed by atoms with Gasteiger partial charge < -0.3 is 19.9 Å². The van der Waals surface area contributed by atoms with E-state index in [0.717, 1.165) is 44.7 Å². The number of fused-ring (bicyclic) bond motifs is 3. The van der Waals surface area contributed by atoms with Crippen LogP contribution >= 0.6 is 0 Å². The van der Waals surface area contributed by atoms with Crippen LogP contribution in [0.3, 0.4) is 0 Å². The molecule has 3 aromatic carbocycles. The van der Waals surface area contributed by atoms with Crippen molar-refractivity contribution >= 4 is 5.97 Å². The summed E-state index contributed by atoms with van der Waals surface area (Å²) < 4.78 is 16.9. The third-order valence-corrected chi connectivity index (χ3v) is 5.33. The topological polar surface area (TPSA) is 70.8 Å². The van der Waals surface area contributed by atoms with Crippen molar-refractivity contribution in [3.63, 3.8) is 0 Å². The number of nitrogens with two attached hydrogens (primary N) is 1. The lowest BCUT2D eigenvalue weighted by atomic mass is 9.93. The molecule has 0 aliphatic carbocycles. The lowest BCUT2D eigenvalue weighted by Crippen LogP contribution is -2.10. The molecule has 0 bridgehead atoms. The molecule has 1 heterocycles. The van der Waals surface area contributed by atoms with Crippen molar-refractivity contribution in [2.45, 2.75) is 33.1 Å². The summed E-state index contributed by atoms with van der Waals surface area (Å²) in [4.78, 5) is 11.7. The number of benzene rings is 3. The predicted molar refractivity (Wildman–Crippen MR) is 115 cm³/mol. The number of para-hydroxylation sites is 1. The Morgan fingerprint density at radius 3 is 2.73 bits per heavy atom. The van der Waals surface area contributed by atoms with E-state index < -0.39 is 0 Å². The van der Waals surface area contributed by atoms with Gasteiger partial charge in [-0.1, -0.05) is 42.5 Å². The highest BCUT2D eigenvalue weighted by atomic mass is 16.5. The molecule has 0 atom stereocenters. The molecule has 4 rings (SSSR count). The maximum absolute atomic E-state index is 11.7. The minimum Gasteiger partial charge on any atom is -0.489 e. The third-order valence-electron chi connectivity index (χ3n) is 5.33. The number of ether oxygens (including phenoxy) is 3. The maximum atomic E-state index is 11.7. The van der Waals surface area contributed by atoms with Crippen LogP contribution in [0.5, 0.6) is 11.5 Å². The molecule has 2 N–H and O–H groups in total. The molecule has 0 spiro atoms. The second kappa shape index (κ2) is 8.59. The van der Waals surface area contributed by atoms with E-state index in [1.165, 1.54) is 7.11 Å². The Morgan fingerprint density at radius 1 is 1.07 bits per heavy atom. The van der Waals surface area contributed by atoms with Crippen LogP contribution in [0, 0.1) is 6.92 Å². The van der Waals surface area contributed by atoms with Gasteiger partial charge in [-0.25, -0.2) is 0 Å². The molecule has 154 valence electrons. The van der Waals surface area contributed by atoms with E-state index in [9.17, 15) is 4.79 Å². The summed E-state index contributed by atoms with van der Waals surface area (Å²) in [6, 6.07) is 18.2. The lowest BCUT2D eigenvalue weighted by molar-refractivity contribution is -0.139. The van der Waals surface area contributed by atoms with Gasteiger partial charge in [0.1, 0.15) is 24.7 Å². The first-order valence-electron chi connectivity index (χ1n) is 9.95. The first kappa shape index (κ1) is 20.0. The van der Waals surface area contributed by atoms with E-state index in [0.29, 0.717) is 25.5 Å². The van der Waals surface area contributed by atoms with Crippen LogP contribution < -0.4 is 15.2 Å². The quantitative estimate of drug-likeness (QED) is 0.621. The van der Waals surface area contributed by atoms with E-state index in [1.807, 2.05) is 37.3 Å². The van der Waals surface area contributed by atoms with Crippen LogP contribution in [0.15, 0.2) is 54.6 Å². The van der Waals surface area contributed by atoms with Crippen LogP contribution in [-0.4, -0.2) is 13.1 Å². The molecule has 0 radical (unpaired) electrons. The smallest absolute Gasteiger partial charge is 0.310 e. The van der Waals surface area contributed by atoms with Crippen molar-refractivity contribution in [3.05, 3.63) is 82.4 Å². The zero-order valence-corrected chi connectivity index (χ0v) is 17.2. The predicted octanol–water partition coefficient (Wildman–Crippen LogP) is 4.31. The van der Waals surface area contributed by atoms with Crippen molar-refractivity contribution in [1.29, 1.82) is 0 Å². The first-order chi connectivity index (χ1) is 14.6. The molecule has 0 fully saturated rings. The van der Waals surface area contributed by atoms with E-state index in [4.69, 9.17) is 19.9 Å². The maximum Gasteiger partial charge on any atom is 0.310 e. The second-order valence-electron chi connectivity index (χ2n) is 7.43. The Morgan fingerprint density at radius 2 is 1.93 bits per heavy atom. The van der Waals surface area contributed by atoms with Gasteiger partial charge in [-0.3, -0.25) is 4.79 Å². The largest absolute Gasteiger partial charge is 0.489 e. The molecular weight excluding hydrogens is 378 g/mol. The van der Waals surface area contributed by atoms with Crippen LogP contribution in [0.4, 0.5) is 0 Å². The van der Waals surface area contributed by atoms with Crippen molar-refractivity contribution in [3.8, 4) is 22.6 Å². The van der Waals surface area contributed by atoms with Crippen LogP contribution in [-0.2, 0) is 35.7 Å². The fourth-order valence-electron chi connectivity index (χ4n) is 3.70. The van der Waals surface area contributed by atoms with E-state index in [1.54, 1.807) is 0 Å². The molecule has 1 aliphatic heterocycles. The number of rotatable bonds is 6. The van der Waals surface area contributed by atoms with Gasteiger partial charge in [0.25, 0.3) is 0 Å². The molecule has 0 saturated carbocycles. The highest BCUT2D eigenvalue weighted by Gasteiger charge is 2.20. The van der Waals surface area contributed by atoms with E-state index in [2.05, 4.69) is 24.3 Å². The Bertz CT molecular complexity index is 1090. The Kier molecular flexibility index (Phi) is 5.72. The zero-order valence-electron chi connectivity index (χ0n) is 17.2. The van der Waals surface area contributed by atoms with Gasteiger partial charge in [0.2, 0.25) is 0 Å². The van der Waals surface area contributed by atoms with Gasteiger partial charge in [-0.05, 0) is 41.3 Å². The van der Waals surface area contributed by atoms with Gasteiger partial charge >= 0.3 is 5.97 Å². The van der Waals surface area contributed by atoms with Crippen molar-refractivity contribution in [2.75, 3.05) is 7.11 Å². The Labute approximate surface area is 176 Å². The average molecular weight is 403 g/mol. The molecule has 5 nitrogen and oxygen atoms in total. The van der Waals surface area contributed by atoms with Gasteiger partial charge in [0.15, 0.2) is 0 Å². The fraction of sp³-hybridized carbons (Fsp3) is 0.240. The first-order valence-corrected chi connectivity index (χ1v) is 9.95. The summed E-state index contributed by atoms with van der Waals surface area (Å²) in [6.45, 7) is 3.37. The summed E-state index contributed by atoms with van der Waals surface area (Å²) in [6.07, 6.45) is 0.183. The minimum atomic E-state index is -0.287. The van der Waals surface area contributed by atoms with Crippen molar-refractivity contribution in [1.82, 2.24) is 0 Å². The average Bonchev–Trinajstić information content (AvgIpc) is 2.78. The van der Waals surface area contributed by atoms with Crippen LogP contribution in [0.1, 0.15) is 27.8 Å². The van der Waals surface area contributed by atoms with Gasteiger partial charge in [-0.2, -0.15) is 0 Å². The molecular formula is C25H25NO4. The standard InChI is InChI=1S/C25H25NO4/c1-16-6-8-18(12-24(27)28-2)23(10-16)29-14-17-7-9-20-15-30-25-19(13-26)4-3-5-21(25)22(20)11-17/h3-11H,12-15,26H2,1-2H3. The van der Waals surface area contributed by atoms with E-state index >= 15 is 0 Å². The van der Waals surface area contributed by atoms with E-state index in [-0.39, 0.29) is 12.4 Å². The SMILES string of the molecule is COC(=O)Cc1ccc(C)cc1OCc1ccc2c(c1)-c1cccc(CN)c1OC2. The number of methoxy groups -OCH3 is 1. The summed E-state index contributed by atoms with van der Waals surface area (Å²) >= 11 is 0. The molecule has 1 aliphatic rings. The molecule has 0 amide bonds.